The van der Waals surface area contributed by atoms with Crippen molar-refractivity contribution in [1.29, 1.82) is 0 Å². The zero-order chi connectivity index (χ0) is 10.9. The number of aliphatic carboxylic acids is 1. The van der Waals surface area contributed by atoms with Gasteiger partial charge in [-0.1, -0.05) is 11.6 Å². The summed E-state index contributed by atoms with van der Waals surface area (Å²) in [5, 5.41) is 18.0. The minimum absolute atomic E-state index is 0.0782. The van der Waals surface area contributed by atoms with Gasteiger partial charge >= 0.3 is 5.97 Å². The van der Waals surface area contributed by atoms with Gasteiger partial charge < -0.3 is 15.9 Å². The average molecular weight is 216 g/mol. The Morgan fingerprint density at radius 2 is 2.14 bits per heavy atom. The number of carbonyl (C=O) groups is 1. The van der Waals surface area contributed by atoms with Crippen LogP contribution in [0.4, 0.5) is 0 Å². The van der Waals surface area contributed by atoms with Crippen LogP contribution in [0.15, 0.2) is 12.1 Å². The second-order valence-corrected chi connectivity index (χ2v) is 3.38. The predicted molar refractivity (Wildman–Crippen MR) is 52.4 cm³/mol. The fraction of sp³-hybridized carbons (Fsp3) is 0.222. The van der Waals surface area contributed by atoms with Crippen LogP contribution in [0.2, 0.25) is 5.02 Å². The largest absolute Gasteiger partial charge is 0.506 e. The summed E-state index contributed by atoms with van der Waals surface area (Å²) in [6.45, 7) is 1.66. The van der Waals surface area contributed by atoms with Crippen LogP contribution >= 0.6 is 11.6 Å². The number of rotatable bonds is 2. The fourth-order valence-corrected chi connectivity index (χ4v) is 1.32. The summed E-state index contributed by atoms with van der Waals surface area (Å²) in [5.74, 6) is -1.21. The molecule has 0 heterocycles. The molecule has 1 unspecified atom stereocenters. The van der Waals surface area contributed by atoms with Crippen molar-refractivity contribution in [1.82, 2.24) is 0 Å². The Labute approximate surface area is 85.9 Å². The molecule has 1 atom stereocenters. The molecule has 0 spiro atoms. The molecular weight excluding hydrogens is 206 g/mol. The second-order valence-electron chi connectivity index (χ2n) is 2.98. The van der Waals surface area contributed by atoms with Crippen molar-refractivity contribution in [3.8, 4) is 5.75 Å². The SMILES string of the molecule is Cc1cc(O)c(Cl)cc1C(N)C(=O)O. The molecule has 0 aromatic heterocycles. The highest BCUT2D eigenvalue weighted by molar-refractivity contribution is 6.32. The summed E-state index contributed by atoms with van der Waals surface area (Å²) >= 11 is 5.64. The van der Waals surface area contributed by atoms with E-state index in [-0.39, 0.29) is 10.8 Å². The molecule has 14 heavy (non-hydrogen) atoms. The molecule has 0 radical (unpaired) electrons. The molecule has 0 bridgehead atoms. The standard InChI is InChI=1S/C9H10ClNO3/c1-4-2-7(12)6(10)3-5(4)8(11)9(13)14/h2-3,8,12H,11H2,1H3,(H,13,14). The average Bonchev–Trinajstić information content (AvgIpc) is 2.10. The number of hydrogen-bond acceptors (Lipinski definition) is 3. The van der Waals surface area contributed by atoms with Crippen LogP contribution in [0.25, 0.3) is 0 Å². The number of nitrogens with two attached hydrogens (primary N) is 1. The Morgan fingerprint density at radius 3 is 2.64 bits per heavy atom. The van der Waals surface area contributed by atoms with E-state index in [1.54, 1.807) is 6.92 Å². The van der Waals surface area contributed by atoms with Crippen molar-refractivity contribution in [3.63, 3.8) is 0 Å². The third kappa shape index (κ3) is 1.97. The number of halogens is 1. The van der Waals surface area contributed by atoms with Gasteiger partial charge in [-0.05, 0) is 30.2 Å². The zero-order valence-electron chi connectivity index (χ0n) is 7.49. The van der Waals surface area contributed by atoms with Gasteiger partial charge in [0.15, 0.2) is 0 Å². The van der Waals surface area contributed by atoms with E-state index in [9.17, 15) is 9.90 Å². The molecule has 5 heteroatoms. The summed E-state index contributed by atoms with van der Waals surface area (Å²) in [7, 11) is 0. The summed E-state index contributed by atoms with van der Waals surface area (Å²) in [5.41, 5.74) is 6.42. The number of carboxylic acids is 1. The van der Waals surface area contributed by atoms with E-state index in [2.05, 4.69) is 0 Å². The van der Waals surface area contributed by atoms with Crippen molar-refractivity contribution < 1.29 is 15.0 Å². The van der Waals surface area contributed by atoms with Crippen LogP contribution in [0.3, 0.4) is 0 Å². The summed E-state index contributed by atoms with van der Waals surface area (Å²) in [6.07, 6.45) is 0. The molecule has 0 saturated heterocycles. The lowest BCUT2D eigenvalue weighted by molar-refractivity contribution is -0.138. The molecule has 1 rings (SSSR count). The number of hydrogen-bond donors (Lipinski definition) is 3. The van der Waals surface area contributed by atoms with Crippen molar-refractivity contribution in [3.05, 3.63) is 28.3 Å². The van der Waals surface area contributed by atoms with E-state index in [0.717, 1.165) is 0 Å². The van der Waals surface area contributed by atoms with Gasteiger partial charge in [-0.15, -0.1) is 0 Å². The Kier molecular flexibility index (Phi) is 2.98. The van der Waals surface area contributed by atoms with Gasteiger partial charge in [0.05, 0.1) is 5.02 Å². The fourth-order valence-electron chi connectivity index (χ4n) is 1.15. The number of aromatic hydroxyl groups is 1. The normalized spacial score (nSPS) is 12.5. The summed E-state index contributed by atoms with van der Waals surface area (Å²) < 4.78 is 0. The maximum absolute atomic E-state index is 10.6. The third-order valence-electron chi connectivity index (χ3n) is 1.94. The highest BCUT2D eigenvalue weighted by Crippen LogP contribution is 2.29. The molecule has 0 amide bonds. The molecule has 0 saturated carbocycles. The Balaban J connectivity index is 3.22. The summed E-state index contributed by atoms with van der Waals surface area (Å²) in [4.78, 5) is 10.6. The molecule has 0 aliphatic rings. The molecule has 4 N–H and O–H groups in total. The first-order valence-corrected chi connectivity index (χ1v) is 4.28. The smallest absolute Gasteiger partial charge is 0.325 e. The monoisotopic (exact) mass is 215 g/mol. The molecule has 1 aromatic carbocycles. The lowest BCUT2D eigenvalue weighted by Crippen LogP contribution is -2.21. The number of benzene rings is 1. The van der Waals surface area contributed by atoms with Gasteiger partial charge in [-0.2, -0.15) is 0 Å². The molecule has 1 aromatic rings. The first kappa shape index (κ1) is 10.8. The Bertz CT molecular complexity index is 379. The van der Waals surface area contributed by atoms with Crippen molar-refractivity contribution in [2.45, 2.75) is 13.0 Å². The summed E-state index contributed by atoms with van der Waals surface area (Å²) in [6, 6.07) is 1.64. The van der Waals surface area contributed by atoms with Gasteiger partial charge in [0.2, 0.25) is 0 Å². The molecule has 0 aliphatic carbocycles. The van der Waals surface area contributed by atoms with Gasteiger partial charge in [0.25, 0.3) is 0 Å². The molecule has 4 nitrogen and oxygen atoms in total. The Morgan fingerprint density at radius 1 is 1.57 bits per heavy atom. The molecule has 0 fully saturated rings. The number of phenolic OH excluding ortho intramolecular Hbond substituents is 1. The predicted octanol–water partition coefficient (Wildman–Crippen LogP) is 1.44. The van der Waals surface area contributed by atoms with Gasteiger partial charge in [0, 0.05) is 0 Å². The highest BCUT2D eigenvalue weighted by atomic mass is 35.5. The maximum Gasteiger partial charge on any atom is 0.325 e. The lowest BCUT2D eigenvalue weighted by Gasteiger charge is -2.11. The van der Waals surface area contributed by atoms with Crippen LogP contribution in [0.1, 0.15) is 17.2 Å². The van der Waals surface area contributed by atoms with E-state index in [4.69, 9.17) is 22.4 Å². The van der Waals surface area contributed by atoms with Crippen molar-refractivity contribution in [2.75, 3.05) is 0 Å². The van der Waals surface area contributed by atoms with E-state index in [1.807, 2.05) is 0 Å². The number of aryl methyl sites for hydroxylation is 1. The van der Waals surface area contributed by atoms with Gasteiger partial charge in [-0.3, -0.25) is 4.79 Å². The third-order valence-corrected chi connectivity index (χ3v) is 2.24. The molecule has 76 valence electrons. The van der Waals surface area contributed by atoms with Gasteiger partial charge in [0.1, 0.15) is 11.8 Å². The van der Waals surface area contributed by atoms with E-state index in [0.29, 0.717) is 11.1 Å². The molecule has 0 aliphatic heterocycles. The van der Waals surface area contributed by atoms with Crippen LogP contribution in [0.5, 0.6) is 5.75 Å². The lowest BCUT2D eigenvalue weighted by atomic mass is 10.0. The van der Waals surface area contributed by atoms with Crippen LogP contribution in [0, 0.1) is 6.92 Å². The zero-order valence-corrected chi connectivity index (χ0v) is 8.25. The minimum atomic E-state index is -1.13. The number of phenols is 1. The second kappa shape index (κ2) is 3.86. The van der Waals surface area contributed by atoms with Crippen LogP contribution in [-0.4, -0.2) is 16.2 Å². The maximum atomic E-state index is 10.6. The van der Waals surface area contributed by atoms with Crippen LogP contribution in [-0.2, 0) is 4.79 Å². The quantitative estimate of drug-likeness (QED) is 0.697. The highest BCUT2D eigenvalue weighted by Gasteiger charge is 2.17. The van der Waals surface area contributed by atoms with Crippen molar-refractivity contribution in [2.24, 2.45) is 5.73 Å². The Hall–Kier alpha value is -1.26. The van der Waals surface area contributed by atoms with E-state index in [1.165, 1.54) is 12.1 Å². The number of carboxylic acid groups (broad SMARTS) is 1. The van der Waals surface area contributed by atoms with Gasteiger partial charge in [-0.25, -0.2) is 0 Å². The first-order valence-electron chi connectivity index (χ1n) is 3.91. The first-order chi connectivity index (χ1) is 6.43. The van der Waals surface area contributed by atoms with E-state index >= 15 is 0 Å². The van der Waals surface area contributed by atoms with Crippen LogP contribution < -0.4 is 5.73 Å². The van der Waals surface area contributed by atoms with Crippen molar-refractivity contribution >= 4 is 17.6 Å². The topological polar surface area (TPSA) is 83.5 Å². The minimum Gasteiger partial charge on any atom is -0.506 e. The molecular formula is C9H10ClNO3. The van der Waals surface area contributed by atoms with E-state index < -0.39 is 12.0 Å².